The Bertz CT molecular complexity index is 188. The van der Waals surface area contributed by atoms with Crippen molar-refractivity contribution in [3.05, 3.63) is 17.2 Å². The Labute approximate surface area is 59.3 Å². The van der Waals surface area contributed by atoms with E-state index >= 15 is 0 Å². The minimum Gasteiger partial charge on any atom is -0.287 e. The summed E-state index contributed by atoms with van der Waals surface area (Å²) in [5.74, 6) is 0.0185. The highest BCUT2D eigenvalue weighted by Gasteiger charge is 2.38. The van der Waals surface area contributed by atoms with Gasteiger partial charge in [0.2, 0.25) is 12.0 Å². The molecule has 1 atom stereocenters. The lowest BCUT2D eigenvalue weighted by atomic mass is 10.0. The molecule has 0 amide bonds. The quantitative estimate of drug-likeness (QED) is 0.507. The fourth-order valence-corrected chi connectivity index (χ4v) is 1.09. The Morgan fingerprint density at radius 2 is 2.20 bits per heavy atom. The predicted molar refractivity (Wildman–Crippen MR) is 36.4 cm³/mol. The standard InChI is InChI=1S/C7H10NO2/c1-5(2)7-6(9)3-4-8(7)10/h3-5,7H,1-2H3/q+1. The molecule has 0 radical (unpaired) electrons. The largest absolute Gasteiger partial charge is 0.287 e. The van der Waals surface area contributed by atoms with Crippen LogP contribution in [0.15, 0.2) is 12.3 Å². The zero-order chi connectivity index (χ0) is 7.72. The molecule has 0 bridgehead atoms. The average molecular weight is 140 g/mol. The molecular formula is C7H10NO2+. The zero-order valence-electron chi connectivity index (χ0n) is 6.07. The first-order chi connectivity index (χ1) is 4.63. The third-order valence-corrected chi connectivity index (χ3v) is 1.58. The van der Waals surface area contributed by atoms with Crippen molar-refractivity contribution >= 4 is 5.78 Å². The Balaban J connectivity index is 2.79. The summed E-state index contributed by atoms with van der Waals surface area (Å²) in [5, 5.41) is 0. The van der Waals surface area contributed by atoms with E-state index < -0.39 is 6.04 Å². The van der Waals surface area contributed by atoms with E-state index in [0.717, 1.165) is 0 Å². The van der Waals surface area contributed by atoms with Crippen molar-refractivity contribution in [2.24, 2.45) is 5.92 Å². The summed E-state index contributed by atoms with van der Waals surface area (Å²) in [6, 6.07) is -0.472. The second kappa shape index (κ2) is 2.33. The lowest BCUT2D eigenvalue weighted by molar-refractivity contribution is -0.507. The van der Waals surface area contributed by atoms with Crippen LogP contribution in [0.5, 0.6) is 0 Å². The molecule has 0 aromatic rings. The van der Waals surface area contributed by atoms with E-state index in [0.29, 0.717) is 4.76 Å². The molecule has 0 aromatic carbocycles. The average Bonchev–Trinajstić information content (AvgIpc) is 2.11. The first kappa shape index (κ1) is 7.12. The van der Waals surface area contributed by atoms with E-state index in [1.54, 1.807) is 0 Å². The summed E-state index contributed by atoms with van der Waals surface area (Å²) in [5.41, 5.74) is 0. The number of nitroso groups, excluding NO2 is 1. The Morgan fingerprint density at radius 1 is 1.60 bits per heavy atom. The number of hydrogen-bond acceptors (Lipinski definition) is 2. The van der Waals surface area contributed by atoms with Gasteiger partial charge >= 0.3 is 0 Å². The van der Waals surface area contributed by atoms with Crippen LogP contribution in [-0.2, 0) is 4.79 Å². The molecule has 0 spiro atoms. The van der Waals surface area contributed by atoms with Crippen molar-refractivity contribution in [1.82, 2.24) is 0 Å². The molecule has 1 aliphatic heterocycles. The highest BCUT2D eigenvalue weighted by atomic mass is 16.3. The minimum atomic E-state index is -0.472. The van der Waals surface area contributed by atoms with Gasteiger partial charge in [-0.05, 0) is 0 Å². The van der Waals surface area contributed by atoms with Crippen LogP contribution in [0.3, 0.4) is 0 Å². The van der Waals surface area contributed by atoms with Crippen molar-refractivity contribution in [3.63, 3.8) is 0 Å². The highest BCUT2D eigenvalue weighted by molar-refractivity contribution is 5.94. The van der Waals surface area contributed by atoms with E-state index in [9.17, 15) is 9.70 Å². The summed E-state index contributed by atoms with van der Waals surface area (Å²) in [6.07, 6.45) is 2.62. The highest BCUT2D eigenvalue weighted by Crippen LogP contribution is 2.13. The normalized spacial score (nSPS) is 24.9. The van der Waals surface area contributed by atoms with Crippen molar-refractivity contribution < 1.29 is 9.55 Å². The molecule has 3 heteroatoms. The van der Waals surface area contributed by atoms with Crippen molar-refractivity contribution in [1.29, 1.82) is 0 Å². The summed E-state index contributed by atoms with van der Waals surface area (Å²) >= 11 is 0. The molecular weight excluding hydrogens is 130 g/mol. The fraction of sp³-hybridized carbons (Fsp3) is 0.571. The second-order valence-electron chi connectivity index (χ2n) is 2.77. The van der Waals surface area contributed by atoms with Gasteiger partial charge in [0, 0.05) is 15.6 Å². The maximum absolute atomic E-state index is 10.9. The van der Waals surface area contributed by atoms with Crippen molar-refractivity contribution in [3.8, 4) is 0 Å². The molecule has 0 saturated carbocycles. The number of carbonyl (C=O) groups is 1. The number of rotatable bonds is 1. The summed E-state index contributed by atoms with van der Waals surface area (Å²) in [4.78, 5) is 21.7. The fourth-order valence-electron chi connectivity index (χ4n) is 1.09. The third-order valence-electron chi connectivity index (χ3n) is 1.58. The van der Waals surface area contributed by atoms with E-state index in [-0.39, 0.29) is 11.7 Å². The molecule has 0 aliphatic carbocycles. The topological polar surface area (TPSA) is 37.1 Å². The lowest BCUT2D eigenvalue weighted by Gasteiger charge is -2.01. The molecule has 1 rings (SSSR count). The van der Waals surface area contributed by atoms with Gasteiger partial charge in [-0.2, -0.15) is 0 Å². The molecule has 0 fully saturated rings. The van der Waals surface area contributed by atoms with Gasteiger partial charge in [0.1, 0.15) is 0 Å². The van der Waals surface area contributed by atoms with Gasteiger partial charge in [-0.3, -0.25) is 4.79 Å². The van der Waals surface area contributed by atoms with Crippen LogP contribution >= 0.6 is 0 Å². The van der Waals surface area contributed by atoms with E-state index in [1.165, 1.54) is 12.3 Å². The minimum absolute atomic E-state index is 0.0787. The Hall–Kier alpha value is -0.990. The molecule has 1 aliphatic rings. The van der Waals surface area contributed by atoms with Gasteiger partial charge in [-0.25, -0.2) is 0 Å². The van der Waals surface area contributed by atoms with Gasteiger partial charge < -0.3 is 0 Å². The van der Waals surface area contributed by atoms with Crippen LogP contribution in [0.1, 0.15) is 13.8 Å². The van der Waals surface area contributed by atoms with Gasteiger partial charge in [0.25, 0.3) is 6.04 Å². The van der Waals surface area contributed by atoms with Crippen LogP contribution in [-0.4, -0.2) is 16.6 Å². The van der Waals surface area contributed by atoms with Gasteiger partial charge in [-0.15, -0.1) is 0 Å². The van der Waals surface area contributed by atoms with Crippen LogP contribution in [0.4, 0.5) is 0 Å². The number of nitrogens with zero attached hydrogens (tertiary/aromatic N) is 1. The van der Waals surface area contributed by atoms with Gasteiger partial charge in [-0.1, -0.05) is 13.8 Å². The van der Waals surface area contributed by atoms with E-state index in [2.05, 4.69) is 0 Å². The van der Waals surface area contributed by atoms with Crippen LogP contribution < -0.4 is 0 Å². The lowest BCUT2D eigenvalue weighted by Crippen LogP contribution is -2.28. The SMILES string of the molecule is CC(C)C1C(=O)C=C[N+]1=O. The maximum atomic E-state index is 10.9. The van der Waals surface area contributed by atoms with Gasteiger partial charge in [0.05, 0.1) is 6.08 Å². The molecule has 1 unspecified atom stereocenters. The maximum Gasteiger partial charge on any atom is 0.271 e. The van der Waals surface area contributed by atoms with Crippen molar-refractivity contribution in [2.75, 3.05) is 0 Å². The summed E-state index contributed by atoms with van der Waals surface area (Å²) in [7, 11) is 0. The smallest absolute Gasteiger partial charge is 0.271 e. The number of ketones is 1. The van der Waals surface area contributed by atoms with E-state index in [4.69, 9.17) is 0 Å². The Morgan fingerprint density at radius 3 is 2.40 bits per heavy atom. The molecule has 0 saturated heterocycles. The summed E-state index contributed by atoms with van der Waals surface area (Å²) in [6.45, 7) is 3.72. The predicted octanol–water partition coefficient (Wildman–Crippen LogP) is 0.886. The van der Waals surface area contributed by atoms with Crippen LogP contribution in [0.2, 0.25) is 0 Å². The Kier molecular flexibility index (Phi) is 1.66. The molecule has 3 nitrogen and oxygen atoms in total. The molecule has 0 N–H and O–H groups in total. The van der Waals surface area contributed by atoms with E-state index in [1.807, 2.05) is 13.8 Å². The monoisotopic (exact) mass is 140 g/mol. The second-order valence-corrected chi connectivity index (χ2v) is 2.77. The third kappa shape index (κ3) is 0.988. The van der Waals surface area contributed by atoms with Gasteiger partial charge in [0.15, 0.2) is 0 Å². The van der Waals surface area contributed by atoms with Crippen molar-refractivity contribution in [2.45, 2.75) is 19.9 Å². The van der Waals surface area contributed by atoms with Crippen LogP contribution in [0.25, 0.3) is 0 Å². The zero-order valence-corrected chi connectivity index (χ0v) is 6.07. The first-order valence-electron chi connectivity index (χ1n) is 3.30. The molecule has 0 aromatic heterocycles. The first-order valence-corrected chi connectivity index (χ1v) is 3.30. The molecule has 54 valence electrons. The number of carbonyl (C=O) groups excluding carboxylic acids is 1. The van der Waals surface area contributed by atoms with Crippen LogP contribution in [0, 0.1) is 10.8 Å². The number of hydrogen-bond donors (Lipinski definition) is 0. The molecule has 10 heavy (non-hydrogen) atoms. The summed E-state index contributed by atoms with van der Waals surface area (Å²) < 4.78 is 0.715. The molecule has 1 heterocycles.